The zero-order valence-electron chi connectivity index (χ0n) is 12.0. The highest BCUT2D eigenvalue weighted by Gasteiger charge is 2.26. The molecule has 110 valence electrons. The molecule has 19 heavy (non-hydrogen) atoms. The van der Waals surface area contributed by atoms with Crippen LogP contribution in [0.25, 0.3) is 0 Å². The van der Waals surface area contributed by atoms with Crippen molar-refractivity contribution in [3.63, 3.8) is 0 Å². The molecule has 0 aliphatic heterocycles. The third-order valence-electron chi connectivity index (χ3n) is 3.07. The van der Waals surface area contributed by atoms with Crippen molar-refractivity contribution in [3.8, 4) is 0 Å². The van der Waals surface area contributed by atoms with E-state index in [9.17, 15) is 9.90 Å². The molecule has 0 heterocycles. The minimum absolute atomic E-state index is 0.195. The average molecular weight is 288 g/mol. The molecular weight excluding hydrogens is 264 g/mol. The highest BCUT2D eigenvalue weighted by atomic mass is 32.1. The molecule has 3 unspecified atom stereocenters. The predicted octanol–water partition coefficient (Wildman–Crippen LogP) is 1.94. The Bertz CT molecular complexity index is 341. The maximum atomic E-state index is 11.5. The highest BCUT2D eigenvalue weighted by Crippen LogP contribution is 2.24. The Kier molecular flexibility index (Phi) is 5.55. The topological polar surface area (TPSA) is 70.6 Å². The van der Waals surface area contributed by atoms with Crippen LogP contribution >= 0.6 is 12.2 Å². The van der Waals surface area contributed by atoms with Crippen LogP contribution in [-0.2, 0) is 4.74 Å². The Morgan fingerprint density at radius 1 is 1.37 bits per heavy atom. The van der Waals surface area contributed by atoms with Gasteiger partial charge in [-0.2, -0.15) is 0 Å². The molecule has 1 amide bonds. The summed E-state index contributed by atoms with van der Waals surface area (Å²) in [6, 6.07) is 0.195. The Balaban J connectivity index is 2.33. The van der Waals surface area contributed by atoms with Gasteiger partial charge in [0.05, 0.1) is 6.10 Å². The van der Waals surface area contributed by atoms with E-state index in [2.05, 4.69) is 10.6 Å². The van der Waals surface area contributed by atoms with Gasteiger partial charge in [-0.1, -0.05) is 6.92 Å². The van der Waals surface area contributed by atoms with Gasteiger partial charge in [-0.05, 0) is 58.2 Å². The molecule has 3 N–H and O–H groups in total. The zero-order chi connectivity index (χ0) is 14.6. The van der Waals surface area contributed by atoms with Crippen LogP contribution in [0.3, 0.4) is 0 Å². The maximum Gasteiger partial charge on any atom is 0.413 e. The fraction of sp³-hybridized carbons (Fsp3) is 0.846. The number of ether oxygens (including phenoxy) is 1. The Labute approximate surface area is 120 Å². The van der Waals surface area contributed by atoms with Gasteiger partial charge in [0, 0.05) is 6.04 Å². The third-order valence-corrected chi connectivity index (χ3v) is 3.29. The van der Waals surface area contributed by atoms with Crippen LogP contribution < -0.4 is 10.6 Å². The summed E-state index contributed by atoms with van der Waals surface area (Å²) in [5.74, 6) is 0.246. The number of nitrogens with one attached hydrogen (secondary N) is 2. The van der Waals surface area contributed by atoms with E-state index < -0.39 is 11.7 Å². The van der Waals surface area contributed by atoms with Crippen LogP contribution in [0, 0.1) is 5.92 Å². The molecule has 0 radical (unpaired) electrons. The summed E-state index contributed by atoms with van der Waals surface area (Å²) in [6.45, 7) is 7.41. The van der Waals surface area contributed by atoms with Crippen molar-refractivity contribution in [3.05, 3.63) is 0 Å². The number of hydrogen-bond acceptors (Lipinski definition) is 4. The number of thiocarbonyl (C=S) groups is 1. The first kappa shape index (κ1) is 16.2. The normalized spacial score (nSPS) is 27.5. The highest BCUT2D eigenvalue weighted by molar-refractivity contribution is 7.80. The molecule has 5 nitrogen and oxygen atoms in total. The number of hydrogen-bond donors (Lipinski definition) is 3. The smallest absolute Gasteiger partial charge is 0.413 e. The van der Waals surface area contributed by atoms with Gasteiger partial charge in [0.2, 0.25) is 0 Å². The van der Waals surface area contributed by atoms with Crippen LogP contribution in [0.4, 0.5) is 4.79 Å². The number of aliphatic hydroxyl groups is 1. The number of alkyl carbamates (subject to hydrolysis) is 1. The van der Waals surface area contributed by atoms with Crippen LogP contribution in [0.15, 0.2) is 0 Å². The number of carbonyl (C=O) groups excluding carboxylic acids is 1. The van der Waals surface area contributed by atoms with Gasteiger partial charge in [-0.15, -0.1) is 0 Å². The minimum atomic E-state index is -0.547. The van der Waals surface area contributed by atoms with Crippen molar-refractivity contribution in [1.82, 2.24) is 10.6 Å². The quantitative estimate of drug-likeness (QED) is 0.643. The number of rotatable bonds is 1. The lowest BCUT2D eigenvalue weighted by Gasteiger charge is -2.32. The third kappa shape index (κ3) is 6.20. The Hall–Kier alpha value is -0.880. The summed E-state index contributed by atoms with van der Waals surface area (Å²) in [5, 5.41) is 15.5. The van der Waals surface area contributed by atoms with E-state index in [-0.39, 0.29) is 23.2 Å². The molecule has 0 aromatic rings. The zero-order valence-corrected chi connectivity index (χ0v) is 12.8. The maximum absolute atomic E-state index is 11.5. The van der Waals surface area contributed by atoms with Crippen molar-refractivity contribution < 1.29 is 14.6 Å². The van der Waals surface area contributed by atoms with E-state index in [1.165, 1.54) is 0 Å². The van der Waals surface area contributed by atoms with Gasteiger partial charge in [0.1, 0.15) is 5.60 Å². The van der Waals surface area contributed by atoms with Crippen LogP contribution in [0.2, 0.25) is 0 Å². The first-order chi connectivity index (χ1) is 8.67. The average Bonchev–Trinajstić information content (AvgIpc) is 2.20. The number of aliphatic hydroxyl groups excluding tert-OH is 1. The van der Waals surface area contributed by atoms with Crippen LogP contribution in [-0.4, -0.2) is 34.1 Å². The molecule has 0 aromatic heterocycles. The summed E-state index contributed by atoms with van der Waals surface area (Å²) < 4.78 is 5.12. The lowest BCUT2D eigenvalue weighted by molar-refractivity contribution is 0.0556. The van der Waals surface area contributed by atoms with Gasteiger partial charge in [-0.3, -0.25) is 5.32 Å². The van der Waals surface area contributed by atoms with E-state index in [1.807, 2.05) is 6.92 Å². The number of carbonyl (C=O) groups is 1. The largest absolute Gasteiger partial charge is 0.444 e. The minimum Gasteiger partial charge on any atom is -0.444 e. The van der Waals surface area contributed by atoms with E-state index in [4.69, 9.17) is 17.0 Å². The summed E-state index contributed by atoms with van der Waals surface area (Å²) >= 11 is 5.08. The molecule has 0 saturated heterocycles. The van der Waals surface area contributed by atoms with Crippen molar-refractivity contribution in [2.24, 2.45) is 5.92 Å². The molecule has 1 aliphatic carbocycles. The van der Waals surface area contributed by atoms with Gasteiger partial charge < -0.3 is 15.2 Å². The van der Waals surface area contributed by atoms with Crippen molar-refractivity contribution in [2.75, 3.05) is 0 Å². The van der Waals surface area contributed by atoms with Crippen LogP contribution in [0.5, 0.6) is 0 Å². The summed E-state index contributed by atoms with van der Waals surface area (Å²) in [4.78, 5) is 11.5. The second-order valence-corrected chi connectivity index (χ2v) is 6.56. The van der Waals surface area contributed by atoms with Crippen molar-refractivity contribution >= 4 is 23.4 Å². The van der Waals surface area contributed by atoms with E-state index in [0.29, 0.717) is 0 Å². The molecule has 1 fully saturated rings. The predicted molar refractivity (Wildman–Crippen MR) is 77.9 cm³/mol. The molecule has 3 atom stereocenters. The molecular formula is C13H24N2O3S. The van der Waals surface area contributed by atoms with Gasteiger partial charge >= 0.3 is 6.09 Å². The molecule has 1 rings (SSSR count). The summed E-state index contributed by atoms with van der Waals surface area (Å²) in [6.07, 6.45) is 1.67. The molecule has 0 bridgehead atoms. The standard InChI is InChI=1S/C13H24N2O3S/c1-8-7-9(5-6-10(8)16)14-11(19)15-12(17)18-13(2,3)4/h8-10,16H,5-7H2,1-4H3,(H2,14,15,17,19). The first-order valence-corrected chi connectivity index (χ1v) is 7.07. The Morgan fingerprint density at radius 3 is 2.53 bits per heavy atom. The van der Waals surface area contributed by atoms with Gasteiger partial charge in [0.15, 0.2) is 5.11 Å². The SMILES string of the molecule is CC1CC(NC(=S)NC(=O)OC(C)(C)C)CCC1O. The van der Waals surface area contributed by atoms with Crippen LogP contribution in [0.1, 0.15) is 47.0 Å². The fourth-order valence-electron chi connectivity index (χ4n) is 2.13. The lowest BCUT2D eigenvalue weighted by atomic mass is 9.85. The monoisotopic (exact) mass is 288 g/mol. The van der Waals surface area contributed by atoms with Crippen molar-refractivity contribution in [2.45, 2.75) is 64.7 Å². The molecule has 1 aliphatic rings. The van der Waals surface area contributed by atoms with Gasteiger partial charge in [-0.25, -0.2) is 4.79 Å². The Morgan fingerprint density at radius 2 is 2.00 bits per heavy atom. The second kappa shape index (κ2) is 6.52. The molecule has 0 spiro atoms. The summed E-state index contributed by atoms with van der Waals surface area (Å²) in [5.41, 5.74) is -0.539. The van der Waals surface area contributed by atoms with E-state index in [1.54, 1.807) is 20.8 Å². The molecule has 0 aromatic carbocycles. The van der Waals surface area contributed by atoms with Gasteiger partial charge in [0.25, 0.3) is 0 Å². The van der Waals surface area contributed by atoms with Crippen molar-refractivity contribution in [1.29, 1.82) is 0 Å². The molecule has 1 saturated carbocycles. The fourth-order valence-corrected chi connectivity index (χ4v) is 2.38. The van der Waals surface area contributed by atoms with E-state index >= 15 is 0 Å². The first-order valence-electron chi connectivity index (χ1n) is 6.66. The number of amides is 1. The summed E-state index contributed by atoms with van der Waals surface area (Å²) in [7, 11) is 0. The molecule has 6 heteroatoms. The lowest BCUT2D eigenvalue weighted by Crippen LogP contribution is -2.48. The van der Waals surface area contributed by atoms with E-state index in [0.717, 1.165) is 19.3 Å². The second-order valence-electron chi connectivity index (χ2n) is 6.15.